The number of rotatable bonds is 7. The maximum atomic E-state index is 12.2. The van der Waals surface area contributed by atoms with E-state index in [1.807, 2.05) is 24.3 Å². The minimum absolute atomic E-state index is 0.0453. The van der Waals surface area contributed by atoms with E-state index in [1.165, 1.54) is 24.6 Å². The number of ether oxygens (including phenoxy) is 2. The van der Waals surface area contributed by atoms with Gasteiger partial charge in [-0.3, -0.25) is 4.79 Å². The lowest BCUT2D eigenvalue weighted by atomic mass is 10.2. The number of para-hydroxylation sites is 2. The molecule has 1 aromatic heterocycles. The van der Waals surface area contributed by atoms with Crippen molar-refractivity contribution < 1.29 is 14.3 Å². The van der Waals surface area contributed by atoms with E-state index in [2.05, 4.69) is 27.0 Å². The topological polar surface area (TPSA) is 78.3 Å². The number of hydrogen-bond donors (Lipinski definition) is 1. The van der Waals surface area contributed by atoms with Crippen LogP contribution in [0.2, 0.25) is 0 Å². The Morgan fingerprint density at radius 2 is 2.12 bits per heavy atom. The number of benzene rings is 1. The average molecular weight is 374 g/mol. The van der Waals surface area contributed by atoms with Crippen LogP contribution in [0.25, 0.3) is 0 Å². The van der Waals surface area contributed by atoms with Crippen molar-refractivity contribution >= 4 is 17.7 Å². The summed E-state index contributed by atoms with van der Waals surface area (Å²) in [4.78, 5) is 12.2. The fourth-order valence-electron chi connectivity index (χ4n) is 2.92. The lowest BCUT2D eigenvalue weighted by Gasteiger charge is -2.26. The third kappa shape index (κ3) is 3.80. The molecule has 1 atom stereocenters. The third-order valence-electron chi connectivity index (χ3n) is 4.43. The van der Waals surface area contributed by atoms with Gasteiger partial charge in [-0.25, -0.2) is 0 Å². The number of thioether (sulfide) groups is 1. The van der Waals surface area contributed by atoms with E-state index in [4.69, 9.17) is 9.47 Å². The Morgan fingerprint density at radius 3 is 2.88 bits per heavy atom. The summed E-state index contributed by atoms with van der Waals surface area (Å²) in [5.41, 5.74) is 0. The molecule has 138 valence electrons. The number of hydrogen-bond acceptors (Lipinski definition) is 6. The smallest absolute Gasteiger partial charge is 0.230 e. The zero-order valence-corrected chi connectivity index (χ0v) is 15.5. The van der Waals surface area contributed by atoms with Gasteiger partial charge in [0.2, 0.25) is 5.91 Å². The summed E-state index contributed by atoms with van der Waals surface area (Å²) >= 11 is 1.43. The molecule has 1 amide bonds. The molecule has 26 heavy (non-hydrogen) atoms. The summed E-state index contributed by atoms with van der Waals surface area (Å²) in [6.45, 7) is 3.76. The summed E-state index contributed by atoms with van der Waals surface area (Å²) in [6, 6.07) is 7.56. The summed E-state index contributed by atoms with van der Waals surface area (Å²) in [5.74, 6) is 3.34. The zero-order valence-electron chi connectivity index (χ0n) is 14.7. The number of amides is 1. The van der Waals surface area contributed by atoms with Crippen LogP contribution >= 0.6 is 11.8 Å². The maximum Gasteiger partial charge on any atom is 0.230 e. The first kappa shape index (κ1) is 17.2. The van der Waals surface area contributed by atoms with Crippen LogP contribution in [0, 0.1) is 0 Å². The molecule has 1 aliphatic carbocycles. The summed E-state index contributed by atoms with van der Waals surface area (Å²) in [6.07, 6.45) is 2.20. The molecule has 4 rings (SSSR count). The number of aromatic nitrogens is 3. The van der Waals surface area contributed by atoms with E-state index >= 15 is 0 Å². The first-order valence-corrected chi connectivity index (χ1v) is 9.94. The van der Waals surface area contributed by atoms with Gasteiger partial charge in [0.1, 0.15) is 18.5 Å². The third-order valence-corrected chi connectivity index (χ3v) is 5.40. The molecule has 1 fully saturated rings. The van der Waals surface area contributed by atoms with E-state index in [0.29, 0.717) is 24.8 Å². The van der Waals surface area contributed by atoms with Crippen LogP contribution in [-0.4, -0.2) is 45.7 Å². The second-order valence-electron chi connectivity index (χ2n) is 6.45. The molecular formula is C18H22N4O3S. The Balaban J connectivity index is 1.25. The van der Waals surface area contributed by atoms with Gasteiger partial charge in [-0.05, 0) is 31.9 Å². The standard InChI is InChI=1S/C18H22N4O3S/c1-2-22-17(12-7-8-12)20-21-18(22)26-11-16(23)19-9-13-10-24-14-5-3-4-6-15(14)25-13/h3-6,12-13H,2,7-11H2,1H3,(H,19,23). The van der Waals surface area contributed by atoms with E-state index in [-0.39, 0.29) is 12.0 Å². The average Bonchev–Trinajstić information content (AvgIpc) is 3.44. The Hall–Kier alpha value is -2.22. The highest BCUT2D eigenvalue weighted by Gasteiger charge is 2.30. The van der Waals surface area contributed by atoms with Gasteiger partial charge in [0.25, 0.3) is 0 Å². The van der Waals surface area contributed by atoms with Crippen molar-refractivity contribution in [2.45, 2.75) is 43.5 Å². The van der Waals surface area contributed by atoms with Crippen LogP contribution in [-0.2, 0) is 11.3 Å². The molecule has 8 heteroatoms. The molecular weight excluding hydrogens is 352 g/mol. The van der Waals surface area contributed by atoms with Crippen molar-refractivity contribution in [1.29, 1.82) is 0 Å². The first-order valence-electron chi connectivity index (χ1n) is 8.95. The molecule has 0 spiro atoms. The lowest BCUT2D eigenvalue weighted by molar-refractivity contribution is -0.119. The molecule has 2 heterocycles. The molecule has 0 radical (unpaired) electrons. The van der Waals surface area contributed by atoms with Gasteiger partial charge < -0.3 is 19.4 Å². The van der Waals surface area contributed by atoms with Gasteiger partial charge in [-0.2, -0.15) is 0 Å². The molecule has 1 aliphatic heterocycles. The minimum atomic E-state index is -0.181. The maximum absolute atomic E-state index is 12.2. The normalized spacial score (nSPS) is 18.6. The van der Waals surface area contributed by atoms with Gasteiger partial charge >= 0.3 is 0 Å². The van der Waals surface area contributed by atoms with E-state index < -0.39 is 0 Å². The monoisotopic (exact) mass is 374 g/mol. The highest BCUT2D eigenvalue weighted by Crippen LogP contribution is 2.40. The largest absolute Gasteiger partial charge is 0.486 e. The Labute approximate surface area is 156 Å². The molecule has 7 nitrogen and oxygen atoms in total. The molecule has 1 unspecified atom stereocenters. The quantitative estimate of drug-likeness (QED) is 0.749. The highest BCUT2D eigenvalue weighted by atomic mass is 32.2. The molecule has 2 aliphatic rings. The van der Waals surface area contributed by atoms with Crippen LogP contribution in [0.15, 0.2) is 29.4 Å². The van der Waals surface area contributed by atoms with Crippen LogP contribution < -0.4 is 14.8 Å². The molecule has 1 N–H and O–H groups in total. The SMILES string of the molecule is CCn1c(SCC(=O)NCC2COc3ccccc3O2)nnc1C1CC1. The number of nitrogens with zero attached hydrogens (tertiary/aromatic N) is 3. The summed E-state index contributed by atoms with van der Waals surface area (Å²) in [5, 5.41) is 12.3. The number of fused-ring (bicyclic) bond motifs is 1. The number of carbonyl (C=O) groups excluding carboxylic acids is 1. The Bertz CT molecular complexity index is 790. The van der Waals surface area contributed by atoms with Gasteiger partial charge in [-0.15, -0.1) is 10.2 Å². The van der Waals surface area contributed by atoms with E-state index in [1.54, 1.807) is 0 Å². The number of carbonyl (C=O) groups is 1. The van der Waals surface area contributed by atoms with E-state index in [0.717, 1.165) is 29.0 Å². The summed E-state index contributed by atoms with van der Waals surface area (Å²) in [7, 11) is 0. The highest BCUT2D eigenvalue weighted by molar-refractivity contribution is 7.99. The fourth-order valence-corrected chi connectivity index (χ4v) is 3.76. The fraction of sp³-hybridized carbons (Fsp3) is 0.500. The van der Waals surface area contributed by atoms with Crippen LogP contribution in [0.3, 0.4) is 0 Å². The lowest BCUT2D eigenvalue weighted by Crippen LogP contribution is -2.41. The van der Waals surface area contributed by atoms with Crippen LogP contribution in [0.4, 0.5) is 0 Å². The van der Waals surface area contributed by atoms with Crippen molar-refractivity contribution in [3.8, 4) is 11.5 Å². The second-order valence-corrected chi connectivity index (χ2v) is 7.39. The predicted molar refractivity (Wildman–Crippen MR) is 97.8 cm³/mol. The van der Waals surface area contributed by atoms with Crippen LogP contribution in [0.5, 0.6) is 11.5 Å². The molecule has 2 aromatic rings. The zero-order chi connectivity index (χ0) is 17.9. The van der Waals surface area contributed by atoms with Crippen molar-refractivity contribution in [2.24, 2.45) is 0 Å². The van der Waals surface area contributed by atoms with E-state index in [9.17, 15) is 4.79 Å². The predicted octanol–water partition coefficient (Wildman–Crippen LogP) is 2.22. The molecule has 0 bridgehead atoms. The Morgan fingerprint density at radius 1 is 1.31 bits per heavy atom. The first-order chi connectivity index (χ1) is 12.7. The summed E-state index contributed by atoms with van der Waals surface area (Å²) < 4.78 is 13.6. The second kappa shape index (κ2) is 7.57. The van der Waals surface area contributed by atoms with Gasteiger partial charge in [0.15, 0.2) is 16.7 Å². The van der Waals surface area contributed by atoms with Gasteiger partial charge in [0, 0.05) is 12.5 Å². The number of nitrogens with one attached hydrogen (secondary N) is 1. The van der Waals surface area contributed by atoms with Crippen molar-refractivity contribution in [3.05, 3.63) is 30.1 Å². The van der Waals surface area contributed by atoms with Crippen molar-refractivity contribution in [2.75, 3.05) is 18.9 Å². The van der Waals surface area contributed by atoms with Crippen LogP contribution in [0.1, 0.15) is 31.5 Å². The molecule has 0 saturated heterocycles. The minimum Gasteiger partial charge on any atom is -0.486 e. The van der Waals surface area contributed by atoms with Crippen molar-refractivity contribution in [1.82, 2.24) is 20.1 Å². The van der Waals surface area contributed by atoms with Gasteiger partial charge in [-0.1, -0.05) is 23.9 Å². The van der Waals surface area contributed by atoms with Crippen molar-refractivity contribution in [3.63, 3.8) is 0 Å². The Kier molecular flexibility index (Phi) is 5.01. The molecule has 1 aromatic carbocycles. The molecule has 1 saturated carbocycles. The van der Waals surface area contributed by atoms with Gasteiger partial charge in [0.05, 0.1) is 12.3 Å².